The van der Waals surface area contributed by atoms with Crippen LogP contribution in [0.5, 0.6) is 0 Å². The summed E-state index contributed by atoms with van der Waals surface area (Å²) < 4.78 is 55.2. The van der Waals surface area contributed by atoms with Gasteiger partial charge >= 0.3 is 0 Å². The molecule has 1 spiro atoms. The standard InChI is InChI=1S/C42H39FO7/c43-37-22-35-28-49-42(36(35)21-34(37)23-44)41(48-27-33-19-11-4-12-20-33)40(47-26-32-17-9-3-10-18-32)39(46-25-31-15-7-2-8-16-31)38(50-42)29-45-24-30-13-5-1-6-14-30/h1-23,38-41H,24-29H2/t38-,39-,40+,41-,42+/m1/s1. The molecule has 0 amide bonds. The molecule has 2 aliphatic rings. The van der Waals surface area contributed by atoms with Crippen LogP contribution >= 0.6 is 0 Å². The van der Waals surface area contributed by atoms with Crippen LogP contribution in [0.4, 0.5) is 4.39 Å². The van der Waals surface area contributed by atoms with E-state index in [1.165, 1.54) is 12.1 Å². The van der Waals surface area contributed by atoms with Crippen LogP contribution in [0.15, 0.2) is 133 Å². The fraction of sp³-hybridized carbons (Fsp3) is 0.262. The normalized spacial score (nSPS) is 22.7. The van der Waals surface area contributed by atoms with Gasteiger partial charge in [0.05, 0.1) is 45.2 Å². The average Bonchev–Trinajstić information content (AvgIpc) is 3.50. The van der Waals surface area contributed by atoms with Crippen molar-refractivity contribution in [3.05, 3.63) is 178 Å². The van der Waals surface area contributed by atoms with Crippen LogP contribution < -0.4 is 0 Å². The number of carbonyl (C=O) groups excluding carboxylic acids is 1. The van der Waals surface area contributed by atoms with Gasteiger partial charge in [-0.15, -0.1) is 0 Å². The van der Waals surface area contributed by atoms with Crippen molar-refractivity contribution in [2.75, 3.05) is 6.61 Å². The minimum absolute atomic E-state index is 0.0507. The first kappa shape index (κ1) is 33.9. The highest BCUT2D eigenvalue weighted by atomic mass is 19.1. The third-order valence-corrected chi connectivity index (χ3v) is 9.09. The summed E-state index contributed by atoms with van der Waals surface area (Å²) in [6.07, 6.45) is -2.55. The smallest absolute Gasteiger partial charge is 0.226 e. The fourth-order valence-electron chi connectivity index (χ4n) is 6.60. The van der Waals surface area contributed by atoms with Crippen molar-refractivity contribution >= 4 is 6.29 Å². The van der Waals surface area contributed by atoms with E-state index >= 15 is 0 Å². The predicted molar refractivity (Wildman–Crippen MR) is 184 cm³/mol. The van der Waals surface area contributed by atoms with Gasteiger partial charge in [0.25, 0.3) is 0 Å². The first-order valence-corrected chi connectivity index (χ1v) is 16.8. The summed E-state index contributed by atoms with van der Waals surface area (Å²) in [5.74, 6) is -2.19. The molecule has 0 aromatic heterocycles. The van der Waals surface area contributed by atoms with Gasteiger partial charge in [-0.1, -0.05) is 121 Å². The molecule has 8 heteroatoms. The second kappa shape index (κ2) is 16.0. The Morgan fingerprint density at radius 2 is 1.16 bits per heavy atom. The van der Waals surface area contributed by atoms with Gasteiger partial charge in [0.15, 0.2) is 6.29 Å². The zero-order valence-corrected chi connectivity index (χ0v) is 27.6. The van der Waals surface area contributed by atoms with E-state index in [1.54, 1.807) is 0 Å². The van der Waals surface area contributed by atoms with Crippen LogP contribution in [-0.2, 0) is 67.2 Å². The molecule has 50 heavy (non-hydrogen) atoms. The minimum atomic E-state index is -1.57. The SMILES string of the molecule is O=Cc1cc2c(cc1F)CO[C@]21O[C@H](COCc2ccccc2)[C@@H](OCc2ccccc2)[C@H](OCc2ccccc2)[C@H]1OCc1ccccc1. The number of hydrogen-bond donors (Lipinski definition) is 0. The Bertz CT molecular complexity index is 1820. The Balaban J connectivity index is 1.30. The third-order valence-electron chi connectivity index (χ3n) is 9.09. The van der Waals surface area contributed by atoms with E-state index in [9.17, 15) is 9.18 Å². The molecule has 5 aromatic carbocycles. The van der Waals surface area contributed by atoms with Crippen LogP contribution in [-0.4, -0.2) is 37.3 Å². The highest BCUT2D eigenvalue weighted by Crippen LogP contribution is 2.49. The predicted octanol–water partition coefficient (Wildman–Crippen LogP) is 7.69. The molecule has 0 unspecified atom stereocenters. The highest BCUT2D eigenvalue weighted by molar-refractivity contribution is 5.76. The number of halogens is 1. The zero-order chi connectivity index (χ0) is 34.2. The largest absolute Gasteiger partial charge is 0.374 e. The lowest BCUT2D eigenvalue weighted by atomic mass is 9.86. The van der Waals surface area contributed by atoms with E-state index in [0.717, 1.165) is 22.3 Å². The third kappa shape index (κ3) is 7.61. The molecule has 7 rings (SSSR count). The summed E-state index contributed by atoms with van der Waals surface area (Å²) in [4.78, 5) is 12.0. The summed E-state index contributed by atoms with van der Waals surface area (Å²) in [6.45, 7) is 1.28. The molecule has 0 bridgehead atoms. The molecule has 256 valence electrons. The van der Waals surface area contributed by atoms with Crippen LogP contribution in [0.2, 0.25) is 0 Å². The Kier molecular flexibility index (Phi) is 10.9. The Morgan fingerprint density at radius 3 is 1.70 bits per heavy atom. The minimum Gasteiger partial charge on any atom is -0.374 e. The summed E-state index contributed by atoms with van der Waals surface area (Å²) in [6, 6.07) is 42.3. The van der Waals surface area contributed by atoms with Gasteiger partial charge in [-0.3, -0.25) is 4.79 Å². The van der Waals surface area contributed by atoms with Crippen molar-refractivity contribution in [3.63, 3.8) is 0 Å². The monoisotopic (exact) mass is 674 g/mol. The lowest BCUT2D eigenvalue weighted by Gasteiger charge is -2.51. The van der Waals surface area contributed by atoms with Crippen molar-refractivity contribution in [2.24, 2.45) is 0 Å². The molecule has 0 radical (unpaired) electrons. The molecule has 5 atom stereocenters. The maximum absolute atomic E-state index is 15.0. The summed E-state index contributed by atoms with van der Waals surface area (Å²) in [5.41, 5.74) is 4.87. The van der Waals surface area contributed by atoms with Gasteiger partial charge in [0, 0.05) is 5.56 Å². The molecule has 0 N–H and O–H groups in total. The van der Waals surface area contributed by atoms with Crippen LogP contribution in [0.25, 0.3) is 0 Å². The van der Waals surface area contributed by atoms with E-state index < -0.39 is 36.0 Å². The topological polar surface area (TPSA) is 72.5 Å². The van der Waals surface area contributed by atoms with Crippen LogP contribution in [0.3, 0.4) is 0 Å². The first-order valence-electron chi connectivity index (χ1n) is 16.8. The van der Waals surface area contributed by atoms with Crippen molar-refractivity contribution in [2.45, 2.75) is 63.2 Å². The van der Waals surface area contributed by atoms with Crippen LogP contribution in [0.1, 0.15) is 43.7 Å². The molecule has 2 heterocycles. The molecular weight excluding hydrogens is 635 g/mol. The van der Waals surface area contributed by atoms with E-state index in [4.69, 9.17) is 28.4 Å². The van der Waals surface area contributed by atoms with E-state index in [0.29, 0.717) is 24.0 Å². The average molecular weight is 675 g/mol. The van der Waals surface area contributed by atoms with Gasteiger partial charge in [0.2, 0.25) is 5.79 Å². The second-order valence-electron chi connectivity index (χ2n) is 12.5. The molecule has 5 aromatic rings. The molecular formula is C42H39FO7. The van der Waals surface area contributed by atoms with Crippen LogP contribution in [0, 0.1) is 5.82 Å². The number of fused-ring (bicyclic) bond motifs is 2. The molecule has 1 saturated heterocycles. The van der Waals surface area contributed by atoms with Gasteiger partial charge in [-0.25, -0.2) is 4.39 Å². The fourth-order valence-corrected chi connectivity index (χ4v) is 6.60. The van der Waals surface area contributed by atoms with Crippen molar-refractivity contribution < 1.29 is 37.6 Å². The molecule has 1 fully saturated rings. The van der Waals surface area contributed by atoms with E-state index in [-0.39, 0.29) is 38.6 Å². The molecule has 7 nitrogen and oxygen atoms in total. The summed E-state index contributed by atoms with van der Waals surface area (Å²) in [5, 5.41) is 0. The summed E-state index contributed by atoms with van der Waals surface area (Å²) >= 11 is 0. The second-order valence-corrected chi connectivity index (χ2v) is 12.5. The molecule has 2 aliphatic heterocycles. The van der Waals surface area contributed by atoms with Gasteiger partial charge in [-0.2, -0.15) is 0 Å². The number of aldehydes is 1. The molecule has 0 saturated carbocycles. The summed E-state index contributed by atoms with van der Waals surface area (Å²) in [7, 11) is 0. The van der Waals surface area contributed by atoms with Crippen molar-refractivity contribution in [1.29, 1.82) is 0 Å². The number of rotatable bonds is 14. The number of hydrogen-bond acceptors (Lipinski definition) is 7. The maximum Gasteiger partial charge on any atom is 0.226 e. The lowest BCUT2D eigenvalue weighted by Crippen LogP contribution is -2.65. The lowest BCUT2D eigenvalue weighted by molar-refractivity contribution is -0.387. The first-order chi connectivity index (χ1) is 24.6. The number of benzene rings is 5. The number of ether oxygens (including phenoxy) is 6. The Hall–Kier alpha value is -4.54. The Morgan fingerprint density at radius 1 is 0.660 bits per heavy atom. The quantitative estimate of drug-likeness (QED) is 0.112. The molecule has 0 aliphatic carbocycles. The van der Waals surface area contributed by atoms with E-state index in [1.807, 2.05) is 121 Å². The highest BCUT2D eigenvalue weighted by Gasteiger charge is 2.61. The van der Waals surface area contributed by atoms with Gasteiger partial charge in [-0.05, 0) is 39.9 Å². The van der Waals surface area contributed by atoms with Gasteiger partial charge < -0.3 is 28.4 Å². The van der Waals surface area contributed by atoms with Gasteiger partial charge in [0.1, 0.15) is 30.2 Å². The van der Waals surface area contributed by atoms with Crippen molar-refractivity contribution in [1.82, 2.24) is 0 Å². The van der Waals surface area contributed by atoms with E-state index in [2.05, 4.69) is 0 Å². The van der Waals surface area contributed by atoms with Crippen molar-refractivity contribution in [3.8, 4) is 0 Å². The number of carbonyl (C=O) groups is 1. The maximum atomic E-state index is 15.0. The zero-order valence-electron chi connectivity index (χ0n) is 27.6. The Labute approximate surface area is 291 Å².